The van der Waals surface area contributed by atoms with Gasteiger partial charge in [0.25, 0.3) is 0 Å². The zero-order chi connectivity index (χ0) is 16.5. The molecule has 4 nitrogen and oxygen atoms in total. The van der Waals surface area contributed by atoms with Crippen LogP contribution in [0, 0.1) is 5.82 Å². The van der Waals surface area contributed by atoms with E-state index in [1.807, 2.05) is 24.3 Å². The first-order valence-electron chi connectivity index (χ1n) is 7.45. The van der Waals surface area contributed by atoms with Crippen LogP contribution < -0.4 is 14.8 Å². The van der Waals surface area contributed by atoms with Crippen LogP contribution in [0.1, 0.15) is 12.0 Å². The van der Waals surface area contributed by atoms with E-state index in [1.165, 1.54) is 12.1 Å². The van der Waals surface area contributed by atoms with Crippen molar-refractivity contribution in [3.05, 3.63) is 59.9 Å². The molecule has 0 aromatic heterocycles. The van der Waals surface area contributed by atoms with E-state index in [9.17, 15) is 9.18 Å². The average molecular weight is 317 g/mol. The third-order valence-electron chi connectivity index (χ3n) is 3.25. The van der Waals surface area contributed by atoms with Crippen LogP contribution in [-0.2, 0) is 11.2 Å². The molecule has 2 aromatic carbocycles. The lowest BCUT2D eigenvalue weighted by atomic mass is 10.1. The van der Waals surface area contributed by atoms with Gasteiger partial charge in [-0.2, -0.15) is 0 Å². The summed E-state index contributed by atoms with van der Waals surface area (Å²) < 4.78 is 23.3. The molecule has 0 bridgehead atoms. The Kier molecular flexibility index (Phi) is 6.41. The molecule has 0 aliphatic rings. The molecule has 0 unspecified atom stereocenters. The molecule has 0 heterocycles. The van der Waals surface area contributed by atoms with Gasteiger partial charge in [-0.25, -0.2) is 4.39 Å². The second kappa shape index (κ2) is 8.78. The highest BCUT2D eigenvalue weighted by Crippen LogP contribution is 2.12. The van der Waals surface area contributed by atoms with Gasteiger partial charge in [0.1, 0.15) is 17.3 Å². The van der Waals surface area contributed by atoms with Gasteiger partial charge in [0, 0.05) is 6.54 Å². The number of rotatable bonds is 8. The maximum atomic E-state index is 12.7. The molecule has 5 heteroatoms. The monoisotopic (exact) mass is 317 g/mol. The summed E-state index contributed by atoms with van der Waals surface area (Å²) in [6.07, 6.45) is 1.02. The molecule has 0 radical (unpaired) electrons. The Morgan fingerprint density at radius 1 is 1.04 bits per heavy atom. The van der Waals surface area contributed by atoms with E-state index >= 15 is 0 Å². The van der Waals surface area contributed by atoms with Crippen LogP contribution in [0.5, 0.6) is 11.5 Å². The fraction of sp³-hybridized carbons (Fsp3) is 0.278. The molecule has 1 N–H and O–H groups in total. The minimum atomic E-state index is -0.289. The molecule has 0 atom stereocenters. The molecule has 0 aliphatic heterocycles. The number of halogens is 1. The van der Waals surface area contributed by atoms with Crippen molar-refractivity contribution >= 4 is 5.91 Å². The summed E-state index contributed by atoms with van der Waals surface area (Å²) in [4.78, 5) is 11.8. The van der Waals surface area contributed by atoms with E-state index in [-0.39, 0.29) is 11.7 Å². The van der Waals surface area contributed by atoms with E-state index < -0.39 is 0 Å². The summed E-state index contributed by atoms with van der Waals surface area (Å²) in [5.74, 6) is 1.07. The number of carbonyl (C=O) groups excluding carboxylic acids is 1. The first-order chi connectivity index (χ1) is 11.2. The zero-order valence-corrected chi connectivity index (χ0v) is 13.0. The molecule has 0 aliphatic carbocycles. The molecule has 2 rings (SSSR count). The Morgan fingerprint density at radius 2 is 1.70 bits per heavy atom. The molecule has 23 heavy (non-hydrogen) atoms. The zero-order valence-electron chi connectivity index (χ0n) is 13.0. The number of nitrogens with one attached hydrogen (secondary N) is 1. The largest absolute Gasteiger partial charge is 0.497 e. The Balaban J connectivity index is 1.61. The number of carbonyl (C=O) groups is 1. The number of hydrogen-bond donors (Lipinski definition) is 1. The number of hydrogen-bond acceptors (Lipinski definition) is 3. The van der Waals surface area contributed by atoms with Crippen molar-refractivity contribution < 1.29 is 18.7 Å². The number of benzene rings is 2. The van der Waals surface area contributed by atoms with Gasteiger partial charge in [-0.3, -0.25) is 4.79 Å². The van der Waals surface area contributed by atoms with Crippen molar-refractivity contribution in [3.63, 3.8) is 0 Å². The number of methoxy groups -OCH3 is 1. The van der Waals surface area contributed by atoms with Gasteiger partial charge in [0.2, 0.25) is 5.91 Å². The predicted octanol–water partition coefficient (Wildman–Crippen LogP) is 2.96. The second-order valence-electron chi connectivity index (χ2n) is 5.03. The maximum Gasteiger partial charge on any atom is 0.224 e. The number of ether oxygens (including phenoxy) is 2. The van der Waals surface area contributed by atoms with E-state index in [0.29, 0.717) is 31.7 Å². The Hall–Kier alpha value is -2.56. The van der Waals surface area contributed by atoms with Crippen molar-refractivity contribution in [2.45, 2.75) is 12.8 Å². The molecule has 0 saturated carbocycles. The fourth-order valence-corrected chi connectivity index (χ4v) is 2.01. The van der Waals surface area contributed by atoms with Crippen LogP contribution in [0.3, 0.4) is 0 Å². The quantitative estimate of drug-likeness (QED) is 0.762. The summed E-state index contributed by atoms with van der Waals surface area (Å²) in [5, 5.41) is 2.84. The van der Waals surface area contributed by atoms with Gasteiger partial charge in [0.15, 0.2) is 0 Å². The first-order valence-corrected chi connectivity index (χ1v) is 7.45. The highest BCUT2D eigenvalue weighted by atomic mass is 19.1. The second-order valence-corrected chi connectivity index (χ2v) is 5.03. The summed E-state index contributed by atoms with van der Waals surface area (Å²) in [6, 6.07) is 13.3. The standard InChI is InChI=1S/C18H20FNO3/c1-22-16-7-3-14(4-8-16)13-18(21)20-11-2-12-23-17-9-5-15(19)6-10-17/h3-10H,2,11-13H2,1H3,(H,20,21). The van der Waals surface area contributed by atoms with Gasteiger partial charge in [0.05, 0.1) is 20.1 Å². The molecular weight excluding hydrogens is 297 g/mol. The van der Waals surface area contributed by atoms with Crippen LogP contribution in [0.15, 0.2) is 48.5 Å². The van der Waals surface area contributed by atoms with Crippen molar-refractivity contribution in [3.8, 4) is 11.5 Å². The SMILES string of the molecule is COc1ccc(CC(=O)NCCCOc2ccc(F)cc2)cc1. The Morgan fingerprint density at radius 3 is 2.35 bits per heavy atom. The van der Waals surface area contributed by atoms with Crippen molar-refractivity contribution in [2.75, 3.05) is 20.3 Å². The van der Waals surface area contributed by atoms with Crippen LogP contribution in [-0.4, -0.2) is 26.2 Å². The third-order valence-corrected chi connectivity index (χ3v) is 3.25. The maximum absolute atomic E-state index is 12.7. The summed E-state index contributed by atoms with van der Waals surface area (Å²) in [6.45, 7) is 1.00. The minimum absolute atomic E-state index is 0.0306. The highest BCUT2D eigenvalue weighted by molar-refractivity contribution is 5.78. The summed E-state index contributed by atoms with van der Waals surface area (Å²) in [7, 11) is 1.61. The van der Waals surface area contributed by atoms with Crippen molar-refractivity contribution in [1.82, 2.24) is 5.32 Å². The molecule has 0 fully saturated rings. The predicted molar refractivity (Wildman–Crippen MR) is 86.2 cm³/mol. The van der Waals surface area contributed by atoms with E-state index in [4.69, 9.17) is 9.47 Å². The Bertz CT molecular complexity index is 611. The van der Waals surface area contributed by atoms with Crippen LogP contribution in [0.25, 0.3) is 0 Å². The fourth-order valence-electron chi connectivity index (χ4n) is 2.01. The highest BCUT2D eigenvalue weighted by Gasteiger charge is 2.03. The molecule has 2 aromatic rings. The van der Waals surface area contributed by atoms with Gasteiger partial charge in [-0.1, -0.05) is 12.1 Å². The molecule has 0 spiro atoms. The molecule has 1 amide bonds. The molecule has 122 valence electrons. The molecular formula is C18H20FNO3. The van der Waals surface area contributed by atoms with E-state index in [1.54, 1.807) is 19.2 Å². The lowest BCUT2D eigenvalue weighted by molar-refractivity contribution is -0.120. The minimum Gasteiger partial charge on any atom is -0.497 e. The topological polar surface area (TPSA) is 47.6 Å². The van der Waals surface area contributed by atoms with Gasteiger partial charge >= 0.3 is 0 Å². The van der Waals surface area contributed by atoms with Gasteiger partial charge < -0.3 is 14.8 Å². The van der Waals surface area contributed by atoms with E-state index in [0.717, 1.165) is 11.3 Å². The lowest BCUT2D eigenvalue weighted by Gasteiger charge is -2.08. The number of amides is 1. The lowest BCUT2D eigenvalue weighted by Crippen LogP contribution is -2.27. The van der Waals surface area contributed by atoms with E-state index in [2.05, 4.69) is 5.32 Å². The summed E-state index contributed by atoms with van der Waals surface area (Å²) in [5.41, 5.74) is 0.936. The summed E-state index contributed by atoms with van der Waals surface area (Å²) >= 11 is 0. The third kappa shape index (κ3) is 5.98. The first kappa shape index (κ1) is 16.8. The van der Waals surface area contributed by atoms with Crippen LogP contribution >= 0.6 is 0 Å². The normalized spacial score (nSPS) is 10.2. The van der Waals surface area contributed by atoms with Gasteiger partial charge in [-0.15, -0.1) is 0 Å². The molecule has 0 saturated heterocycles. The van der Waals surface area contributed by atoms with Crippen LogP contribution in [0.4, 0.5) is 4.39 Å². The van der Waals surface area contributed by atoms with Crippen molar-refractivity contribution in [1.29, 1.82) is 0 Å². The van der Waals surface area contributed by atoms with Gasteiger partial charge in [-0.05, 0) is 48.4 Å². The average Bonchev–Trinajstić information content (AvgIpc) is 2.57. The Labute approximate surface area is 135 Å². The van der Waals surface area contributed by atoms with Crippen LogP contribution in [0.2, 0.25) is 0 Å². The smallest absolute Gasteiger partial charge is 0.224 e. The van der Waals surface area contributed by atoms with Crippen molar-refractivity contribution in [2.24, 2.45) is 0 Å².